The van der Waals surface area contributed by atoms with Crippen molar-refractivity contribution < 1.29 is 32.7 Å². The van der Waals surface area contributed by atoms with Gasteiger partial charge in [-0.1, -0.05) is 30.7 Å². The molecule has 4 heterocycles. The first-order valence-corrected chi connectivity index (χ1v) is 21.7. The Labute approximate surface area is 343 Å². The van der Waals surface area contributed by atoms with Crippen LogP contribution in [-0.2, 0) is 33.5 Å². The van der Waals surface area contributed by atoms with E-state index in [2.05, 4.69) is 41.2 Å². The predicted octanol–water partition coefficient (Wildman–Crippen LogP) is 5.99. The number of aromatic nitrogens is 4. The van der Waals surface area contributed by atoms with Gasteiger partial charge in [0.05, 0.1) is 37.5 Å². The third-order valence-electron chi connectivity index (χ3n) is 12.0. The maximum atomic E-state index is 15.1. The van der Waals surface area contributed by atoms with Crippen LogP contribution in [-0.4, -0.2) is 87.6 Å². The molecule has 2 aliphatic heterocycles. The molecule has 2 aliphatic carbocycles. The molecule has 1 fully saturated rings. The minimum Gasteiger partial charge on any atom is -0.490 e. The summed E-state index contributed by atoms with van der Waals surface area (Å²) in [6.07, 6.45) is 13.8. The quantitative estimate of drug-likeness (QED) is 0.228. The summed E-state index contributed by atoms with van der Waals surface area (Å²) in [6.45, 7) is 3.64. The number of nitrogens with zero attached hydrogens (tertiary/aromatic N) is 6. The lowest BCUT2D eigenvalue weighted by molar-refractivity contribution is 0.0126. The lowest BCUT2D eigenvalue weighted by Crippen LogP contribution is -2.49. The number of fused-ring (bicyclic) bond motifs is 4. The van der Waals surface area contributed by atoms with Gasteiger partial charge in [-0.15, -0.1) is 9.46 Å². The molecule has 2 aromatic heterocycles. The fourth-order valence-corrected chi connectivity index (χ4v) is 11.0. The number of rotatable bonds is 6. The molecule has 1 N–H and O–H groups in total. The Kier molecular flexibility index (Phi) is 11.2. The van der Waals surface area contributed by atoms with Gasteiger partial charge in [-0.25, -0.2) is 9.19 Å². The summed E-state index contributed by atoms with van der Waals surface area (Å²) < 4.78 is 47.9. The Bertz CT molecular complexity index is 2350. The number of anilines is 1. The van der Waals surface area contributed by atoms with E-state index in [0.29, 0.717) is 30.5 Å². The Hall–Kier alpha value is -4.99. The second-order valence-electron chi connectivity index (χ2n) is 15.8. The number of hydrogen-bond donors (Lipinski definition) is 1. The van der Waals surface area contributed by atoms with Crippen molar-refractivity contribution in [2.75, 3.05) is 44.6 Å². The highest BCUT2D eigenvalue weighted by Crippen LogP contribution is 2.47. The van der Waals surface area contributed by atoms with Crippen LogP contribution in [0.5, 0.6) is 17.5 Å². The van der Waals surface area contributed by atoms with Crippen molar-refractivity contribution in [3.63, 3.8) is 0 Å². The van der Waals surface area contributed by atoms with E-state index >= 15 is 4.21 Å². The van der Waals surface area contributed by atoms with Crippen LogP contribution in [0, 0.1) is 17.8 Å². The van der Waals surface area contributed by atoms with E-state index in [0.717, 1.165) is 37.8 Å². The highest BCUT2D eigenvalue weighted by molar-refractivity contribution is 7.92. The van der Waals surface area contributed by atoms with Gasteiger partial charge in [0, 0.05) is 67.8 Å². The maximum Gasteiger partial charge on any atom is 0.286 e. The molecule has 0 saturated heterocycles. The zero-order valence-corrected chi connectivity index (χ0v) is 34.6. The number of hydrogen-bond acceptors (Lipinski definition) is 11. The molecule has 58 heavy (non-hydrogen) atoms. The molecule has 2 bridgehead atoms. The van der Waals surface area contributed by atoms with Crippen LogP contribution >= 0.6 is 11.6 Å². The molecule has 2 aromatic carbocycles. The standard InChI is InChI=1S/C42H48ClN7O7S/c1-26-23-58(53,48-40(52)32-22-49(2)46-41(32)55-4)47-39(51)28-8-12-37-34(19-28)50(24-42(25-56-37)15-5-6-27-18-30(43)9-11-33(27)42)21-29-7-10-31(29)36(54-3)14-13-35(26)57-38-20-44-16-17-45-38/h8-9,11-14,16-20,22,26,29,31,35-36H,5-7,10,15,21,23-25H2,1-4H3,(H,47,48,51,52,53)/b14-13+/t26-,29+,31-,35+,36+,42+,58+/m1/s1. The van der Waals surface area contributed by atoms with Gasteiger partial charge in [0.1, 0.15) is 27.3 Å². The topological polar surface area (TPSA) is 159 Å². The number of halogens is 1. The number of nitrogens with one attached hydrogen (secondary N) is 1. The molecule has 1 saturated carbocycles. The van der Waals surface area contributed by atoms with Gasteiger partial charge >= 0.3 is 0 Å². The van der Waals surface area contributed by atoms with E-state index in [1.807, 2.05) is 25.1 Å². The lowest BCUT2D eigenvalue weighted by atomic mass is 9.68. The van der Waals surface area contributed by atoms with Crippen molar-refractivity contribution >= 4 is 39.0 Å². The van der Waals surface area contributed by atoms with Crippen molar-refractivity contribution in [2.45, 2.75) is 56.7 Å². The third kappa shape index (κ3) is 8.03. The minimum absolute atomic E-state index is 0.0367. The Morgan fingerprint density at radius 3 is 2.71 bits per heavy atom. The summed E-state index contributed by atoms with van der Waals surface area (Å²) in [5.74, 6) is -0.900. The van der Waals surface area contributed by atoms with Crippen LogP contribution in [0.2, 0.25) is 5.02 Å². The number of benzene rings is 2. The molecule has 16 heteroatoms. The molecule has 4 aromatic rings. The first kappa shape index (κ1) is 39.8. The van der Waals surface area contributed by atoms with E-state index in [4.69, 9.17) is 30.5 Å². The van der Waals surface area contributed by atoms with Crippen molar-refractivity contribution in [3.05, 3.63) is 101 Å². The van der Waals surface area contributed by atoms with Crippen LogP contribution < -0.4 is 23.8 Å². The highest BCUT2D eigenvalue weighted by atomic mass is 35.5. The molecule has 4 aliphatic rings. The van der Waals surface area contributed by atoms with Crippen molar-refractivity contribution in [2.24, 2.45) is 29.2 Å². The summed E-state index contributed by atoms with van der Waals surface area (Å²) in [4.78, 5) is 39.0. The van der Waals surface area contributed by atoms with Crippen LogP contribution in [0.15, 0.2) is 77.7 Å². The van der Waals surface area contributed by atoms with E-state index in [9.17, 15) is 9.59 Å². The predicted molar refractivity (Wildman–Crippen MR) is 219 cm³/mol. The van der Waals surface area contributed by atoms with Gasteiger partial charge < -0.3 is 23.8 Å². The first-order valence-electron chi connectivity index (χ1n) is 19.6. The van der Waals surface area contributed by atoms with Gasteiger partial charge in [0.15, 0.2) is 0 Å². The van der Waals surface area contributed by atoms with Gasteiger partial charge in [-0.2, -0.15) is 0 Å². The van der Waals surface area contributed by atoms with Crippen LogP contribution in [0.4, 0.5) is 5.69 Å². The molecule has 0 radical (unpaired) electrons. The number of ether oxygens (including phenoxy) is 4. The number of methoxy groups -OCH3 is 2. The van der Waals surface area contributed by atoms with Gasteiger partial charge in [0.2, 0.25) is 11.8 Å². The van der Waals surface area contributed by atoms with Crippen molar-refractivity contribution in [3.8, 4) is 17.5 Å². The highest BCUT2D eigenvalue weighted by Gasteiger charge is 2.44. The van der Waals surface area contributed by atoms with Crippen molar-refractivity contribution in [1.29, 1.82) is 0 Å². The zero-order chi connectivity index (χ0) is 40.6. The fraction of sp³-hybridized carbons (Fsp3) is 0.452. The van der Waals surface area contributed by atoms with Crippen molar-refractivity contribution in [1.82, 2.24) is 24.5 Å². The molecule has 14 nitrogen and oxygen atoms in total. The Morgan fingerprint density at radius 1 is 1.10 bits per heavy atom. The smallest absolute Gasteiger partial charge is 0.286 e. The summed E-state index contributed by atoms with van der Waals surface area (Å²) in [7, 11) is 0.900. The van der Waals surface area contributed by atoms with Gasteiger partial charge in [-0.05, 0) is 91.5 Å². The Balaban J connectivity index is 1.23. The van der Waals surface area contributed by atoms with Crippen LogP contribution in [0.25, 0.3) is 0 Å². The number of carbonyl (C=O) groups is 2. The molecule has 8 rings (SSSR count). The minimum atomic E-state index is -3.83. The largest absolute Gasteiger partial charge is 0.490 e. The number of amides is 2. The molecule has 2 amide bonds. The van der Waals surface area contributed by atoms with E-state index in [1.54, 1.807) is 38.6 Å². The summed E-state index contributed by atoms with van der Waals surface area (Å²) in [5.41, 5.74) is 3.17. The lowest BCUT2D eigenvalue weighted by Gasteiger charge is -2.46. The fourth-order valence-electron chi connectivity index (χ4n) is 8.94. The Morgan fingerprint density at radius 2 is 1.95 bits per heavy atom. The van der Waals surface area contributed by atoms with Gasteiger partial charge in [0.25, 0.3) is 11.8 Å². The number of aryl methyl sites for hydroxylation is 2. The van der Waals surface area contributed by atoms with Gasteiger partial charge in [-0.3, -0.25) is 24.0 Å². The second kappa shape index (κ2) is 16.3. The summed E-state index contributed by atoms with van der Waals surface area (Å²) in [6, 6.07) is 11.4. The monoisotopic (exact) mass is 829 g/mol. The van der Waals surface area contributed by atoms with E-state index in [-0.39, 0.29) is 52.0 Å². The third-order valence-corrected chi connectivity index (χ3v) is 14.1. The normalized spacial score (nSPS) is 28.7. The van der Waals surface area contributed by atoms with E-state index in [1.165, 1.54) is 41.5 Å². The molecule has 306 valence electrons. The second-order valence-corrected chi connectivity index (χ2v) is 18.3. The average molecular weight is 830 g/mol. The number of carbonyl (C=O) groups excluding carboxylic acids is 2. The molecule has 7 atom stereocenters. The molecular weight excluding hydrogens is 782 g/mol. The van der Waals surface area contributed by atoms with E-state index < -0.39 is 33.8 Å². The average Bonchev–Trinajstić information content (AvgIpc) is 3.52. The SMILES string of the molecule is COc1nn(C)cc1C(=O)N[S@@]1(=O)=NC(=O)c2ccc3c(c2)N(C[C@@H]2CC[C@H]2[C@@H](OC)/C=C/[C@H](Oc2cnccn2)[C@H](C)C1)C[C@@]1(CCCc2cc(Cl)ccc21)CO3. The van der Waals surface area contributed by atoms with Crippen LogP contribution in [0.1, 0.15) is 64.4 Å². The first-order chi connectivity index (χ1) is 28.0. The maximum absolute atomic E-state index is 15.1. The zero-order valence-electron chi connectivity index (χ0n) is 33.0. The van der Waals surface area contributed by atoms with Crippen LogP contribution in [0.3, 0.4) is 0 Å². The molecule has 1 spiro atoms. The summed E-state index contributed by atoms with van der Waals surface area (Å²) in [5, 5.41) is 4.89. The molecular formula is C42H48ClN7O7S. The molecule has 0 unspecified atom stereocenters. The summed E-state index contributed by atoms with van der Waals surface area (Å²) >= 11 is 6.49.